The van der Waals surface area contributed by atoms with Gasteiger partial charge in [0, 0.05) is 11.7 Å². The molecule has 116 valence electrons. The molecule has 1 saturated heterocycles. The molecular weight excluding hydrogens is 264 g/mol. The molecule has 0 bridgehead atoms. The van der Waals surface area contributed by atoms with Crippen LogP contribution in [0.4, 0.5) is 5.69 Å². The van der Waals surface area contributed by atoms with E-state index in [1.54, 1.807) is 0 Å². The molecule has 0 aromatic heterocycles. The van der Waals surface area contributed by atoms with Crippen molar-refractivity contribution in [1.29, 1.82) is 0 Å². The zero-order valence-electron chi connectivity index (χ0n) is 13.2. The first-order valence-electron chi connectivity index (χ1n) is 7.79. The molecule has 2 N–H and O–H groups in total. The lowest BCUT2D eigenvalue weighted by Crippen LogP contribution is -2.45. The van der Waals surface area contributed by atoms with E-state index in [1.165, 1.54) is 0 Å². The Labute approximate surface area is 127 Å². The van der Waals surface area contributed by atoms with Crippen molar-refractivity contribution in [3.05, 3.63) is 29.8 Å². The molecule has 1 aliphatic heterocycles. The van der Waals surface area contributed by atoms with Gasteiger partial charge in [0.2, 0.25) is 5.91 Å². The quantitative estimate of drug-likeness (QED) is 0.876. The van der Waals surface area contributed by atoms with Crippen LogP contribution in [0, 0.1) is 6.92 Å². The van der Waals surface area contributed by atoms with E-state index < -0.39 is 0 Å². The van der Waals surface area contributed by atoms with Crippen molar-refractivity contribution in [3.63, 3.8) is 0 Å². The molecule has 1 aliphatic rings. The summed E-state index contributed by atoms with van der Waals surface area (Å²) in [5.74, 6) is 0.0294. The molecule has 21 heavy (non-hydrogen) atoms. The highest BCUT2D eigenvalue weighted by Gasteiger charge is 2.32. The van der Waals surface area contributed by atoms with Gasteiger partial charge in [0.05, 0.1) is 12.1 Å². The third-order valence-corrected chi connectivity index (χ3v) is 4.32. The van der Waals surface area contributed by atoms with Crippen LogP contribution >= 0.6 is 0 Å². The number of aryl methyl sites for hydroxylation is 1. The van der Waals surface area contributed by atoms with E-state index in [1.807, 2.05) is 45.0 Å². The number of carbonyl (C=O) groups excluding carboxylic acids is 1. The molecule has 4 heteroatoms. The Balaban J connectivity index is 2.00. The molecule has 1 amide bonds. The zero-order valence-corrected chi connectivity index (χ0v) is 13.2. The number of aliphatic hydroxyl groups excluding tert-OH is 1. The maximum atomic E-state index is 12.5. The Hall–Kier alpha value is -1.39. The number of anilines is 1. The van der Waals surface area contributed by atoms with Crippen molar-refractivity contribution in [2.75, 3.05) is 11.9 Å². The van der Waals surface area contributed by atoms with Crippen LogP contribution in [0.3, 0.4) is 0 Å². The van der Waals surface area contributed by atoms with Gasteiger partial charge in [0.25, 0.3) is 0 Å². The molecule has 0 radical (unpaired) electrons. The van der Waals surface area contributed by atoms with Crippen LogP contribution < -0.4 is 5.32 Å². The van der Waals surface area contributed by atoms with Crippen LogP contribution in [0.1, 0.15) is 38.7 Å². The summed E-state index contributed by atoms with van der Waals surface area (Å²) in [5.41, 5.74) is 1.95. The molecule has 3 unspecified atom stereocenters. The third kappa shape index (κ3) is 4.05. The van der Waals surface area contributed by atoms with E-state index in [2.05, 4.69) is 10.2 Å². The lowest BCUT2D eigenvalue weighted by Gasteiger charge is -2.30. The second-order valence-electron chi connectivity index (χ2n) is 6.10. The molecule has 1 aromatic carbocycles. The van der Waals surface area contributed by atoms with E-state index in [-0.39, 0.29) is 18.1 Å². The fraction of sp³-hybridized carbons (Fsp3) is 0.588. The number of hydrogen-bond acceptors (Lipinski definition) is 3. The minimum atomic E-state index is -0.317. The van der Waals surface area contributed by atoms with Gasteiger partial charge < -0.3 is 10.4 Å². The summed E-state index contributed by atoms with van der Waals surface area (Å²) in [4.78, 5) is 14.7. The molecule has 2 rings (SSSR count). The summed E-state index contributed by atoms with van der Waals surface area (Å²) in [7, 11) is 0. The van der Waals surface area contributed by atoms with Crippen LogP contribution in [0.25, 0.3) is 0 Å². The van der Waals surface area contributed by atoms with Gasteiger partial charge in [0.1, 0.15) is 0 Å². The normalized spacial score (nSPS) is 22.0. The topological polar surface area (TPSA) is 52.6 Å². The maximum Gasteiger partial charge on any atom is 0.241 e. The average Bonchev–Trinajstić information content (AvgIpc) is 2.87. The predicted octanol–water partition coefficient (Wildman–Crippen LogP) is 2.56. The van der Waals surface area contributed by atoms with Crippen molar-refractivity contribution >= 4 is 11.6 Å². The summed E-state index contributed by atoms with van der Waals surface area (Å²) >= 11 is 0. The Bertz CT molecular complexity index is 487. The standard InChI is InChI=1S/C17H26N2O2/c1-12-7-4-5-9-16(12)18-17(21)14(3)19-10-6-8-15(19)11-13(2)20/h4-5,7,9,13-15,20H,6,8,10-11H2,1-3H3,(H,18,21). The van der Waals surface area contributed by atoms with Crippen molar-refractivity contribution in [1.82, 2.24) is 4.90 Å². The number of aliphatic hydroxyl groups is 1. The van der Waals surface area contributed by atoms with Gasteiger partial charge in [-0.2, -0.15) is 0 Å². The molecule has 4 nitrogen and oxygen atoms in total. The smallest absolute Gasteiger partial charge is 0.241 e. The number of carbonyl (C=O) groups is 1. The molecule has 0 saturated carbocycles. The van der Waals surface area contributed by atoms with E-state index >= 15 is 0 Å². The average molecular weight is 290 g/mol. The fourth-order valence-corrected chi connectivity index (χ4v) is 3.12. The number of likely N-dealkylation sites (tertiary alicyclic amines) is 1. The van der Waals surface area contributed by atoms with E-state index in [0.717, 1.165) is 37.1 Å². The summed E-state index contributed by atoms with van der Waals surface area (Å²) in [6, 6.07) is 7.95. The van der Waals surface area contributed by atoms with Crippen molar-refractivity contribution in [2.24, 2.45) is 0 Å². The van der Waals surface area contributed by atoms with Gasteiger partial charge in [-0.15, -0.1) is 0 Å². The van der Waals surface area contributed by atoms with E-state index in [0.29, 0.717) is 6.04 Å². The minimum absolute atomic E-state index is 0.0294. The largest absolute Gasteiger partial charge is 0.393 e. The molecule has 0 aliphatic carbocycles. The SMILES string of the molecule is Cc1ccccc1NC(=O)C(C)N1CCCC1CC(C)O. The first kappa shape index (κ1) is 16.0. The number of nitrogens with one attached hydrogen (secondary N) is 1. The third-order valence-electron chi connectivity index (χ3n) is 4.32. The molecule has 1 heterocycles. The van der Waals surface area contributed by atoms with Crippen LogP contribution in [-0.4, -0.2) is 40.6 Å². The first-order chi connectivity index (χ1) is 9.99. The van der Waals surface area contributed by atoms with Crippen molar-refractivity contribution in [3.8, 4) is 0 Å². The number of nitrogens with zero attached hydrogens (tertiary/aromatic N) is 1. The van der Waals surface area contributed by atoms with Crippen molar-refractivity contribution in [2.45, 2.75) is 58.2 Å². The summed E-state index contributed by atoms with van der Waals surface area (Å²) in [6.07, 6.45) is 2.58. The van der Waals surface area contributed by atoms with Crippen LogP contribution in [0.2, 0.25) is 0 Å². The Kier molecular flexibility index (Phi) is 5.37. The second-order valence-corrected chi connectivity index (χ2v) is 6.10. The van der Waals surface area contributed by atoms with Crippen LogP contribution in [0.5, 0.6) is 0 Å². The highest BCUT2D eigenvalue weighted by atomic mass is 16.3. The first-order valence-corrected chi connectivity index (χ1v) is 7.79. The summed E-state index contributed by atoms with van der Waals surface area (Å²) < 4.78 is 0. The molecular formula is C17H26N2O2. The highest BCUT2D eigenvalue weighted by Crippen LogP contribution is 2.24. The van der Waals surface area contributed by atoms with Crippen molar-refractivity contribution < 1.29 is 9.90 Å². The Morgan fingerprint density at radius 3 is 2.81 bits per heavy atom. The van der Waals surface area contributed by atoms with Crippen LogP contribution in [0.15, 0.2) is 24.3 Å². The van der Waals surface area contributed by atoms with Gasteiger partial charge in [-0.3, -0.25) is 9.69 Å². The predicted molar refractivity (Wildman–Crippen MR) is 85.3 cm³/mol. The van der Waals surface area contributed by atoms with E-state index in [9.17, 15) is 9.90 Å². The van der Waals surface area contributed by atoms with Gasteiger partial charge in [-0.25, -0.2) is 0 Å². The van der Waals surface area contributed by atoms with Crippen LogP contribution in [-0.2, 0) is 4.79 Å². The molecule has 0 spiro atoms. The Morgan fingerprint density at radius 2 is 2.14 bits per heavy atom. The number of amides is 1. The molecule has 3 atom stereocenters. The highest BCUT2D eigenvalue weighted by molar-refractivity contribution is 5.95. The van der Waals surface area contributed by atoms with E-state index in [4.69, 9.17) is 0 Å². The van der Waals surface area contributed by atoms with Gasteiger partial charge in [0.15, 0.2) is 0 Å². The van der Waals surface area contributed by atoms with Gasteiger partial charge >= 0.3 is 0 Å². The maximum absolute atomic E-state index is 12.5. The Morgan fingerprint density at radius 1 is 1.43 bits per heavy atom. The molecule has 1 aromatic rings. The zero-order chi connectivity index (χ0) is 15.4. The minimum Gasteiger partial charge on any atom is -0.393 e. The number of para-hydroxylation sites is 1. The number of hydrogen-bond donors (Lipinski definition) is 2. The summed E-state index contributed by atoms with van der Waals surface area (Å²) in [5, 5.41) is 12.6. The van der Waals surface area contributed by atoms with Gasteiger partial charge in [-0.1, -0.05) is 18.2 Å². The lowest BCUT2D eigenvalue weighted by atomic mass is 10.1. The lowest BCUT2D eigenvalue weighted by molar-refractivity contribution is -0.121. The fourth-order valence-electron chi connectivity index (χ4n) is 3.12. The number of benzene rings is 1. The monoisotopic (exact) mass is 290 g/mol. The molecule has 1 fully saturated rings. The summed E-state index contributed by atoms with van der Waals surface area (Å²) in [6.45, 7) is 6.69. The van der Waals surface area contributed by atoms with Gasteiger partial charge in [-0.05, 0) is 58.2 Å². The second kappa shape index (κ2) is 7.05. The number of rotatable bonds is 5.